The van der Waals surface area contributed by atoms with E-state index in [0.717, 1.165) is 22.4 Å². The molecule has 0 bridgehead atoms. The molecule has 2 aliphatic rings. The van der Waals surface area contributed by atoms with Crippen LogP contribution in [0.3, 0.4) is 0 Å². The van der Waals surface area contributed by atoms with Crippen LogP contribution in [0.4, 0.5) is 0 Å². The summed E-state index contributed by atoms with van der Waals surface area (Å²) in [6, 6.07) is 9.82. The third-order valence-corrected chi connectivity index (χ3v) is 5.12. The lowest BCUT2D eigenvalue weighted by atomic mass is 9.77. The Morgan fingerprint density at radius 1 is 1.27 bits per heavy atom. The molecule has 26 heavy (non-hydrogen) atoms. The topological polar surface area (TPSA) is 80.8 Å². The molecule has 2 N–H and O–H groups in total. The van der Waals surface area contributed by atoms with Gasteiger partial charge < -0.3 is 10.5 Å². The molecule has 1 atom stereocenters. The number of amides is 1. The van der Waals surface area contributed by atoms with Gasteiger partial charge in [0, 0.05) is 36.5 Å². The Balaban J connectivity index is 1.95. The van der Waals surface area contributed by atoms with Crippen molar-refractivity contribution in [3.63, 3.8) is 0 Å². The summed E-state index contributed by atoms with van der Waals surface area (Å²) in [7, 11) is 1.66. The van der Waals surface area contributed by atoms with Crippen molar-refractivity contribution in [2.45, 2.75) is 38.3 Å². The number of nitrogens with zero attached hydrogens (tertiary/aromatic N) is 3. The molecule has 2 aliphatic heterocycles. The number of guanidine groups is 1. The maximum atomic E-state index is 13.1. The van der Waals surface area contributed by atoms with E-state index in [0.29, 0.717) is 12.2 Å². The zero-order valence-corrected chi connectivity index (χ0v) is 15.4. The molecule has 0 saturated heterocycles. The largest absolute Gasteiger partial charge is 0.487 e. The first kappa shape index (κ1) is 16.6. The normalized spacial score (nSPS) is 23.6. The highest BCUT2D eigenvalue weighted by molar-refractivity contribution is 6.07. The smallest absolute Gasteiger partial charge is 0.261 e. The van der Waals surface area contributed by atoms with Gasteiger partial charge in [0.15, 0.2) is 11.5 Å². The van der Waals surface area contributed by atoms with E-state index in [1.807, 2.05) is 51.1 Å². The van der Waals surface area contributed by atoms with Crippen molar-refractivity contribution in [3.05, 3.63) is 47.8 Å². The molecule has 0 fully saturated rings. The number of likely N-dealkylation sites (N-methyl/N-ethyl adjacent to an activating group) is 1. The number of nitrogens with two attached hydrogens (primary N) is 1. The van der Waals surface area contributed by atoms with Crippen LogP contribution in [0.2, 0.25) is 0 Å². The van der Waals surface area contributed by atoms with Gasteiger partial charge in [-0.15, -0.1) is 0 Å². The summed E-state index contributed by atoms with van der Waals surface area (Å²) in [6.45, 7) is 5.90. The van der Waals surface area contributed by atoms with Gasteiger partial charge in [-0.25, -0.2) is 4.99 Å². The van der Waals surface area contributed by atoms with Crippen LogP contribution in [0.25, 0.3) is 11.1 Å². The third kappa shape index (κ3) is 2.29. The summed E-state index contributed by atoms with van der Waals surface area (Å²) < 4.78 is 6.15. The van der Waals surface area contributed by atoms with E-state index in [9.17, 15) is 4.79 Å². The zero-order chi connectivity index (χ0) is 18.7. The van der Waals surface area contributed by atoms with E-state index in [-0.39, 0.29) is 11.9 Å². The minimum atomic E-state index is -1.04. The maximum absolute atomic E-state index is 13.1. The number of carbonyl (C=O) groups is 1. The number of rotatable bonds is 1. The van der Waals surface area contributed by atoms with Gasteiger partial charge in [0.1, 0.15) is 11.4 Å². The zero-order valence-electron chi connectivity index (χ0n) is 15.4. The molecule has 2 aromatic rings. The summed E-state index contributed by atoms with van der Waals surface area (Å²) in [4.78, 5) is 23.5. The van der Waals surface area contributed by atoms with Crippen molar-refractivity contribution < 1.29 is 9.53 Å². The first-order chi connectivity index (χ1) is 12.2. The molecule has 0 aliphatic carbocycles. The Hall–Kier alpha value is -2.89. The summed E-state index contributed by atoms with van der Waals surface area (Å²) in [6.07, 6.45) is 2.21. The Bertz CT molecular complexity index is 951. The lowest BCUT2D eigenvalue weighted by Gasteiger charge is -2.41. The minimum absolute atomic E-state index is 0.118. The third-order valence-electron chi connectivity index (χ3n) is 5.12. The van der Waals surface area contributed by atoms with Crippen LogP contribution in [-0.2, 0) is 10.3 Å². The molecule has 1 unspecified atom stereocenters. The van der Waals surface area contributed by atoms with Gasteiger partial charge in [-0.2, -0.15) is 0 Å². The number of fused-ring (bicyclic) bond motifs is 2. The molecule has 1 aromatic carbocycles. The van der Waals surface area contributed by atoms with E-state index in [1.54, 1.807) is 13.2 Å². The van der Waals surface area contributed by atoms with Gasteiger partial charge in [0.2, 0.25) is 0 Å². The van der Waals surface area contributed by atoms with E-state index in [2.05, 4.69) is 9.98 Å². The summed E-state index contributed by atoms with van der Waals surface area (Å²) in [5.41, 5.74) is 8.12. The summed E-state index contributed by atoms with van der Waals surface area (Å²) in [5.74, 6) is 0.793. The van der Waals surface area contributed by atoms with Gasteiger partial charge in [-0.3, -0.25) is 14.7 Å². The van der Waals surface area contributed by atoms with Crippen LogP contribution in [0.15, 0.2) is 41.5 Å². The van der Waals surface area contributed by atoms with Gasteiger partial charge in [0.25, 0.3) is 5.91 Å². The van der Waals surface area contributed by atoms with E-state index >= 15 is 0 Å². The SMILES string of the molecule is Cc1ncccc1-c1ccc2c(c1)C1(CC(C)(C)O2)N=C(N)N(C)C1=O. The average Bonchev–Trinajstić information content (AvgIpc) is 2.79. The minimum Gasteiger partial charge on any atom is -0.487 e. The van der Waals surface area contributed by atoms with Crippen LogP contribution in [-0.4, -0.2) is 34.4 Å². The fourth-order valence-electron chi connectivity index (χ4n) is 3.93. The average molecular weight is 350 g/mol. The lowest BCUT2D eigenvalue weighted by molar-refractivity contribution is -0.133. The van der Waals surface area contributed by atoms with E-state index < -0.39 is 11.1 Å². The van der Waals surface area contributed by atoms with Gasteiger partial charge >= 0.3 is 0 Å². The molecule has 1 aromatic heterocycles. The number of carbonyl (C=O) groups excluding carboxylic acids is 1. The molecule has 0 saturated carbocycles. The van der Waals surface area contributed by atoms with Crippen LogP contribution in [0.5, 0.6) is 5.75 Å². The maximum Gasteiger partial charge on any atom is 0.261 e. The van der Waals surface area contributed by atoms with Crippen LogP contribution >= 0.6 is 0 Å². The molecule has 0 radical (unpaired) electrons. The fourth-order valence-corrected chi connectivity index (χ4v) is 3.93. The Kier molecular flexibility index (Phi) is 3.38. The monoisotopic (exact) mass is 350 g/mol. The van der Waals surface area contributed by atoms with Crippen molar-refractivity contribution in [2.24, 2.45) is 10.7 Å². The molecular formula is C20H22N4O2. The van der Waals surface area contributed by atoms with Crippen LogP contribution < -0.4 is 10.5 Å². The predicted molar refractivity (Wildman–Crippen MR) is 99.8 cm³/mol. The predicted octanol–water partition coefficient (Wildman–Crippen LogP) is 2.60. The van der Waals surface area contributed by atoms with E-state index in [1.165, 1.54) is 4.90 Å². The molecule has 6 nitrogen and oxygen atoms in total. The standard InChI is InChI=1S/C20H22N4O2/c1-12-14(6-5-9-22-12)13-7-8-16-15(10-13)20(11-19(2,3)26-16)17(25)24(4)18(21)23-20/h5-10H,11H2,1-4H3,(H2,21,23). The first-order valence-corrected chi connectivity index (χ1v) is 8.62. The van der Waals surface area contributed by atoms with Crippen LogP contribution in [0.1, 0.15) is 31.5 Å². The van der Waals surface area contributed by atoms with Crippen molar-refractivity contribution in [1.29, 1.82) is 0 Å². The highest BCUT2D eigenvalue weighted by atomic mass is 16.5. The number of hydrogen-bond acceptors (Lipinski definition) is 5. The number of aryl methyl sites for hydroxylation is 1. The highest BCUT2D eigenvalue weighted by Gasteiger charge is 2.55. The number of aliphatic imine (C=N–C) groups is 1. The molecule has 6 heteroatoms. The summed E-state index contributed by atoms with van der Waals surface area (Å²) in [5, 5.41) is 0. The van der Waals surface area contributed by atoms with Gasteiger partial charge in [0.05, 0.1) is 0 Å². The summed E-state index contributed by atoms with van der Waals surface area (Å²) >= 11 is 0. The van der Waals surface area contributed by atoms with Crippen molar-refractivity contribution in [1.82, 2.24) is 9.88 Å². The molecule has 4 rings (SSSR count). The lowest BCUT2D eigenvalue weighted by Crippen LogP contribution is -2.49. The quantitative estimate of drug-likeness (QED) is 0.857. The Morgan fingerprint density at radius 2 is 2.04 bits per heavy atom. The Morgan fingerprint density at radius 3 is 2.69 bits per heavy atom. The molecule has 134 valence electrons. The molecule has 3 heterocycles. The van der Waals surface area contributed by atoms with Gasteiger partial charge in [-0.1, -0.05) is 12.1 Å². The van der Waals surface area contributed by atoms with Crippen molar-refractivity contribution in [2.75, 3.05) is 7.05 Å². The number of pyridine rings is 1. The fraction of sp³-hybridized carbons (Fsp3) is 0.350. The number of benzene rings is 1. The first-order valence-electron chi connectivity index (χ1n) is 8.62. The number of hydrogen-bond donors (Lipinski definition) is 1. The second-order valence-electron chi connectivity index (χ2n) is 7.58. The van der Waals surface area contributed by atoms with Gasteiger partial charge in [-0.05, 0) is 44.5 Å². The van der Waals surface area contributed by atoms with Crippen molar-refractivity contribution in [3.8, 4) is 16.9 Å². The number of aromatic nitrogens is 1. The Labute approximate surface area is 152 Å². The van der Waals surface area contributed by atoms with Crippen molar-refractivity contribution >= 4 is 11.9 Å². The molecule has 1 spiro atoms. The van der Waals surface area contributed by atoms with Crippen LogP contribution in [0, 0.1) is 6.92 Å². The second-order valence-corrected chi connectivity index (χ2v) is 7.58. The number of ether oxygens (including phenoxy) is 1. The molecule has 1 amide bonds. The van der Waals surface area contributed by atoms with E-state index in [4.69, 9.17) is 10.5 Å². The highest BCUT2D eigenvalue weighted by Crippen LogP contribution is 2.49. The molecular weight excluding hydrogens is 328 g/mol. The second kappa shape index (κ2) is 5.30.